The molecule has 4 nitrogen and oxygen atoms in total. The lowest BCUT2D eigenvalue weighted by Crippen LogP contribution is -2.16. The van der Waals surface area contributed by atoms with Crippen LogP contribution in [-0.2, 0) is 4.79 Å². The summed E-state index contributed by atoms with van der Waals surface area (Å²) in [5, 5.41) is 3.48. The predicted molar refractivity (Wildman–Crippen MR) is 106 cm³/mol. The lowest BCUT2D eigenvalue weighted by molar-refractivity contribution is -0.116. The van der Waals surface area contributed by atoms with E-state index in [0.717, 1.165) is 22.5 Å². The Morgan fingerprint density at radius 1 is 0.962 bits per heavy atom. The van der Waals surface area contributed by atoms with E-state index in [1.165, 1.54) is 0 Å². The van der Waals surface area contributed by atoms with Gasteiger partial charge < -0.3 is 0 Å². The summed E-state index contributed by atoms with van der Waals surface area (Å²) in [5.41, 5.74) is 3.36. The van der Waals surface area contributed by atoms with E-state index in [-0.39, 0.29) is 11.8 Å². The first kappa shape index (κ1) is 18.1. The van der Waals surface area contributed by atoms with E-state index in [2.05, 4.69) is 15.3 Å². The minimum atomic E-state index is -0.0905. The maximum absolute atomic E-state index is 12.2. The molecule has 1 amide bonds. The zero-order valence-electron chi connectivity index (χ0n) is 14.7. The molecule has 0 aliphatic carbocycles. The summed E-state index contributed by atoms with van der Waals surface area (Å²) in [4.78, 5) is 21.2. The highest BCUT2D eigenvalue weighted by molar-refractivity contribution is 6.30. The third-order valence-corrected chi connectivity index (χ3v) is 4.03. The Labute approximate surface area is 158 Å². The molecule has 0 fully saturated rings. The summed E-state index contributed by atoms with van der Waals surface area (Å²) in [7, 11) is 0. The molecule has 0 bridgehead atoms. The first-order chi connectivity index (χ1) is 12.5. The number of nitrogens with one attached hydrogen (secondary N) is 1. The summed E-state index contributed by atoms with van der Waals surface area (Å²) in [6, 6.07) is 19.2. The first-order valence-electron chi connectivity index (χ1n) is 8.51. The van der Waals surface area contributed by atoms with Crippen molar-refractivity contribution in [2.24, 2.45) is 5.92 Å². The normalized spacial score (nSPS) is 10.8. The molecule has 0 aliphatic heterocycles. The van der Waals surface area contributed by atoms with Gasteiger partial charge in [-0.3, -0.25) is 10.1 Å². The van der Waals surface area contributed by atoms with Crippen LogP contribution < -0.4 is 5.32 Å². The van der Waals surface area contributed by atoms with E-state index < -0.39 is 0 Å². The largest absolute Gasteiger partial charge is 0.294 e. The second kappa shape index (κ2) is 8.11. The molecule has 1 heterocycles. The highest BCUT2D eigenvalue weighted by atomic mass is 35.5. The average molecular weight is 366 g/mol. The fraction of sp³-hybridized carbons (Fsp3) is 0.190. The molecule has 5 heteroatoms. The fourth-order valence-corrected chi connectivity index (χ4v) is 2.70. The van der Waals surface area contributed by atoms with E-state index in [1.807, 2.05) is 74.5 Å². The minimum absolute atomic E-state index is 0.0905. The van der Waals surface area contributed by atoms with E-state index in [4.69, 9.17) is 11.6 Å². The van der Waals surface area contributed by atoms with Crippen molar-refractivity contribution in [2.45, 2.75) is 20.3 Å². The summed E-state index contributed by atoms with van der Waals surface area (Å²) in [6.07, 6.45) is 0.426. The van der Waals surface area contributed by atoms with Crippen molar-refractivity contribution >= 4 is 23.5 Å². The molecule has 0 spiro atoms. The standard InChI is InChI=1S/C21H20ClN3O/c1-14(2)12-20(26)25-21-23-18(15-6-4-3-5-7-15)13-19(24-21)16-8-10-17(22)11-9-16/h3-11,13-14H,12H2,1-2H3,(H,23,24,25,26). The molecule has 3 rings (SSSR count). The third kappa shape index (κ3) is 4.67. The van der Waals surface area contributed by atoms with E-state index in [1.54, 1.807) is 0 Å². The monoisotopic (exact) mass is 365 g/mol. The lowest BCUT2D eigenvalue weighted by Gasteiger charge is -2.10. The number of hydrogen-bond donors (Lipinski definition) is 1. The molecule has 2 aromatic carbocycles. The number of hydrogen-bond acceptors (Lipinski definition) is 3. The highest BCUT2D eigenvalue weighted by Gasteiger charge is 2.12. The Morgan fingerprint density at radius 3 is 2.12 bits per heavy atom. The summed E-state index contributed by atoms with van der Waals surface area (Å²) >= 11 is 5.99. The van der Waals surface area contributed by atoms with Gasteiger partial charge in [-0.1, -0.05) is 67.9 Å². The Balaban J connectivity index is 2.02. The Hall–Kier alpha value is -2.72. The van der Waals surface area contributed by atoms with Crippen molar-refractivity contribution in [3.8, 4) is 22.5 Å². The molecule has 26 heavy (non-hydrogen) atoms. The van der Waals surface area contributed by atoms with Gasteiger partial charge in [-0.25, -0.2) is 9.97 Å². The molecular formula is C21H20ClN3O. The van der Waals surface area contributed by atoms with Crippen LogP contribution in [0, 0.1) is 5.92 Å². The number of carbonyl (C=O) groups is 1. The fourth-order valence-electron chi connectivity index (χ4n) is 2.57. The van der Waals surface area contributed by atoms with Crippen LogP contribution in [0.3, 0.4) is 0 Å². The van der Waals surface area contributed by atoms with Crippen molar-refractivity contribution in [3.05, 3.63) is 65.7 Å². The van der Waals surface area contributed by atoms with Crippen LogP contribution in [0.1, 0.15) is 20.3 Å². The molecule has 1 aromatic heterocycles. The maximum Gasteiger partial charge on any atom is 0.230 e. The van der Waals surface area contributed by atoms with E-state index in [9.17, 15) is 4.79 Å². The van der Waals surface area contributed by atoms with Gasteiger partial charge in [0, 0.05) is 22.6 Å². The zero-order valence-corrected chi connectivity index (χ0v) is 15.5. The summed E-state index contributed by atoms with van der Waals surface area (Å²) in [5.74, 6) is 0.484. The number of carbonyl (C=O) groups excluding carboxylic acids is 1. The van der Waals surface area contributed by atoms with Crippen LogP contribution in [0.15, 0.2) is 60.7 Å². The quantitative estimate of drug-likeness (QED) is 0.654. The van der Waals surface area contributed by atoms with Crippen LogP contribution >= 0.6 is 11.6 Å². The van der Waals surface area contributed by atoms with Gasteiger partial charge in [0.25, 0.3) is 0 Å². The molecule has 0 saturated heterocycles. The van der Waals surface area contributed by atoms with Crippen LogP contribution in [0.2, 0.25) is 5.02 Å². The molecule has 0 saturated carbocycles. The van der Waals surface area contributed by atoms with Gasteiger partial charge in [-0.05, 0) is 24.1 Å². The molecule has 0 aliphatic rings. The van der Waals surface area contributed by atoms with E-state index >= 15 is 0 Å². The number of aromatic nitrogens is 2. The predicted octanol–water partition coefficient (Wildman–Crippen LogP) is 5.45. The first-order valence-corrected chi connectivity index (χ1v) is 8.89. The summed E-state index contributed by atoms with van der Waals surface area (Å²) in [6.45, 7) is 4.00. The molecule has 3 aromatic rings. The van der Waals surface area contributed by atoms with Crippen molar-refractivity contribution in [1.29, 1.82) is 0 Å². The van der Waals surface area contributed by atoms with Gasteiger partial charge in [-0.2, -0.15) is 0 Å². The van der Waals surface area contributed by atoms with Crippen LogP contribution in [0.4, 0.5) is 5.95 Å². The van der Waals surface area contributed by atoms with Gasteiger partial charge in [-0.15, -0.1) is 0 Å². The zero-order chi connectivity index (χ0) is 18.5. The lowest BCUT2D eigenvalue weighted by atomic mass is 10.1. The number of halogens is 1. The average Bonchev–Trinajstić information content (AvgIpc) is 2.62. The van der Waals surface area contributed by atoms with Crippen molar-refractivity contribution in [2.75, 3.05) is 5.32 Å². The number of amides is 1. The van der Waals surface area contributed by atoms with Crippen molar-refractivity contribution in [1.82, 2.24) is 9.97 Å². The van der Waals surface area contributed by atoms with Crippen molar-refractivity contribution in [3.63, 3.8) is 0 Å². The molecular weight excluding hydrogens is 346 g/mol. The number of nitrogens with zero attached hydrogens (tertiary/aromatic N) is 2. The Bertz CT molecular complexity index is 893. The SMILES string of the molecule is CC(C)CC(=O)Nc1nc(-c2ccccc2)cc(-c2ccc(Cl)cc2)n1. The third-order valence-electron chi connectivity index (χ3n) is 3.78. The van der Waals surface area contributed by atoms with Crippen molar-refractivity contribution < 1.29 is 4.79 Å². The van der Waals surface area contributed by atoms with Gasteiger partial charge in [0.2, 0.25) is 11.9 Å². The minimum Gasteiger partial charge on any atom is -0.294 e. The van der Waals surface area contributed by atoms with Gasteiger partial charge in [0.1, 0.15) is 0 Å². The van der Waals surface area contributed by atoms with E-state index in [0.29, 0.717) is 17.4 Å². The molecule has 0 unspecified atom stereocenters. The number of benzene rings is 2. The topological polar surface area (TPSA) is 54.9 Å². The van der Waals surface area contributed by atoms with Crippen LogP contribution in [-0.4, -0.2) is 15.9 Å². The number of rotatable bonds is 5. The maximum atomic E-state index is 12.2. The van der Waals surface area contributed by atoms with Gasteiger partial charge >= 0.3 is 0 Å². The second-order valence-corrected chi connectivity index (χ2v) is 6.92. The van der Waals surface area contributed by atoms with Gasteiger partial charge in [0.05, 0.1) is 11.4 Å². The highest BCUT2D eigenvalue weighted by Crippen LogP contribution is 2.26. The van der Waals surface area contributed by atoms with Crippen LogP contribution in [0.5, 0.6) is 0 Å². The smallest absolute Gasteiger partial charge is 0.230 e. The molecule has 0 atom stereocenters. The van der Waals surface area contributed by atoms with Crippen LogP contribution in [0.25, 0.3) is 22.5 Å². The van der Waals surface area contributed by atoms with Gasteiger partial charge in [0.15, 0.2) is 0 Å². The summed E-state index contributed by atoms with van der Waals surface area (Å²) < 4.78 is 0. The number of anilines is 1. The molecule has 0 radical (unpaired) electrons. The Morgan fingerprint density at radius 2 is 1.54 bits per heavy atom. The Kier molecular flexibility index (Phi) is 5.64. The molecule has 132 valence electrons. The second-order valence-electron chi connectivity index (χ2n) is 6.48. The molecule has 1 N–H and O–H groups in total.